The summed E-state index contributed by atoms with van der Waals surface area (Å²) in [6.07, 6.45) is 7.01. The van der Waals surface area contributed by atoms with Crippen LogP contribution in [0.4, 0.5) is 0 Å². The first-order valence-electron chi connectivity index (χ1n) is 14.0. The molecule has 0 fully saturated rings. The zero-order valence-corrected chi connectivity index (χ0v) is 25.9. The number of nitrogens with one attached hydrogen (secondary N) is 1. The summed E-state index contributed by atoms with van der Waals surface area (Å²) < 4.78 is 0. The molecule has 0 saturated heterocycles. The van der Waals surface area contributed by atoms with Crippen molar-refractivity contribution in [3.05, 3.63) is 88.8 Å². The number of fused-ring (bicyclic) bond motifs is 1. The Balaban J connectivity index is 0. The molecule has 2 aromatic carbocycles. The van der Waals surface area contributed by atoms with Crippen molar-refractivity contribution in [1.82, 2.24) is 10.3 Å². The molecule has 0 bridgehead atoms. The number of nitrogens with zero attached hydrogens (tertiary/aromatic N) is 1. The number of hydrogen-bond donors (Lipinski definition) is 2. The van der Waals surface area contributed by atoms with Crippen molar-refractivity contribution in [2.75, 3.05) is 13.6 Å². The third-order valence-corrected chi connectivity index (χ3v) is 5.99. The van der Waals surface area contributed by atoms with Gasteiger partial charge in [0.05, 0.1) is 0 Å². The fourth-order valence-corrected chi connectivity index (χ4v) is 3.40. The molecule has 3 rings (SSSR count). The summed E-state index contributed by atoms with van der Waals surface area (Å²) in [7, 11) is 1.56. The zero-order valence-electron chi connectivity index (χ0n) is 25.9. The average molecular weight is 522 g/mol. The lowest BCUT2D eigenvalue weighted by molar-refractivity contribution is -0.109. The Morgan fingerprint density at radius 1 is 1.08 bits per heavy atom. The van der Waals surface area contributed by atoms with Gasteiger partial charge in [-0.15, -0.1) is 0 Å². The van der Waals surface area contributed by atoms with Crippen LogP contribution in [-0.2, 0) is 17.6 Å². The summed E-state index contributed by atoms with van der Waals surface area (Å²) in [6.45, 7) is 23.9. The molecule has 4 heteroatoms. The van der Waals surface area contributed by atoms with Gasteiger partial charge < -0.3 is 11.1 Å². The van der Waals surface area contributed by atoms with Crippen LogP contribution in [0.3, 0.4) is 0 Å². The van der Waals surface area contributed by atoms with Gasteiger partial charge in [0.2, 0.25) is 6.41 Å². The van der Waals surface area contributed by atoms with Crippen LogP contribution in [0.5, 0.6) is 0 Å². The van der Waals surface area contributed by atoms with E-state index < -0.39 is 0 Å². The minimum atomic E-state index is 0.625. The van der Waals surface area contributed by atoms with Gasteiger partial charge in [0.15, 0.2) is 0 Å². The Labute approximate surface area is 234 Å². The lowest BCUT2D eigenvalue weighted by Gasteiger charge is -2.04. The standard InChI is InChI=1S/C14H15N.C10H14.C6H15N.C2H5NO.C2H6/c1-10(2)6-14-8-13-7-11(3)4-5-12(13)9-15-14;1-4-10-7-5-6-8(2)9(10)3;1-3-6(2)4-5-7;1-3-2-4;1-2/h4-5,7-9H,1,6H2,2-3H3;5-7H,4H2,1-3H3;6H,3-5,7H2,1-2H3;2H,1H3,(H,3,4);1-2H3. The SMILES string of the molecule is C=C(C)Cc1cc2cc(C)ccc2cn1.CC.CCC(C)CCN.CCc1cccc(C)c1C.CNC=O. The number of aromatic nitrogens is 1. The highest BCUT2D eigenvalue weighted by molar-refractivity contribution is 5.82. The second kappa shape index (κ2) is 23.2. The maximum atomic E-state index is 9.06. The minimum absolute atomic E-state index is 0.625. The van der Waals surface area contributed by atoms with Gasteiger partial charge in [-0.3, -0.25) is 9.78 Å². The van der Waals surface area contributed by atoms with Gasteiger partial charge in [0, 0.05) is 30.7 Å². The number of nitrogens with two attached hydrogens (primary N) is 1. The number of benzene rings is 2. The Kier molecular flexibility index (Phi) is 22.7. The molecule has 0 aliphatic rings. The second-order valence-electron chi connectivity index (χ2n) is 9.37. The molecule has 1 atom stereocenters. The number of allylic oxidation sites excluding steroid dienone is 1. The van der Waals surface area contributed by atoms with Crippen molar-refractivity contribution in [1.29, 1.82) is 0 Å². The topological polar surface area (TPSA) is 68.0 Å². The Bertz CT molecular complexity index is 1040. The number of carbonyl (C=O) groups is 1. The smallest absolute Gasteiger partial charge is 0.206 e. The van der Waals surface area contributed by atoms with Crippen LogP contribution in [0, 0.1) is 26.7 Å². The van der Waals surface area contributed by atoms with E-state index in [1.165, 1.54) is 45.9 Å². The van der Waals surface area contributed by atoms with Crippen LogP contribution < -0.4 is 11.1 Å². The molecule has 1 aromatic heterocycles. The predicted octanol–water partition coefficient (Wildman–Crippen LogP) is 8.30. The van der Waals surface area contributed by atoms with Gasteiger partial charge >= 0.3 is 0 Å². The predicted molar refractivity (Wildman–Crippen MR) is 170 cm³/mol. The van der Waals surface area contributed by atoms with Crippen molar-refractivity contribution in [2.24, 2.45) is 11.7 Å². The van der Waals surface area contributed by atoms with Gasteiger partial charge in [-0.05, 0) is 81.1 Å². The number of aryl methyl sites for hydroxylation is 3. The van der Waals surface area contributed by atoms with Crippen molar-refractivity contribution >= 4 is 17.2 Å². The lowest BCUT2D eigenvalue weighted by atomic mass is 10.0. The molecule has 0 saturated carbocycles. The van der Waals surface area contributed by atoms with E-state index in [0.29, 0.717) is 6.41 Å². The van der Waals surface area contributed by atoms with Crippen LogP contribution >= 0.6 is 0 Å². The molecule has 0 aliphatic carbocycles. The summed E-state index contributed by atoms with van der Waals surface area (Å²) in [6, 6.07) is 15.1. The summed E-state index contributed by atoms with van der Waals surface area (Å²) in [5, 5.41) is 4.72. The summed E-state index contributed by atoms with van der Waals surface area (Å²) >= 11 is 0. The average Bonchev–Trinajstić information content (AvgIpc) is 2.91. The van der Waals surface area contributed by atoms with Gasteiger partial charge in [0.25, 0.3) is 0 Å². The first-order chi connectivity index (χ1) is 18.1. The number of hydrogen-bond acceptors (Lipinski definition) is 3. The van der Waals surface area contributed by atoms with Crippen LogP contribution in [-0.4, -0.2) is 25.0 Å². The molecule has 1 heterocycles. The molecule has 3 N–H and O–H groups in total. The highest BCUT2D eigenvalue weighted by Crippen LogP contribution is 2.17. The van der Waals surface area contributed by atoms with E-state index in [1.807, 2.05) is 27.0 Å². The van der Waals surface area contributed by atoms with E-state index in [4.69, 9.17) is 10.5 Å². The van der Waals surface area contributed by atoms with Crippen LogP contribution in [0.15, 0.2) is 60.8 Å². The maximum absolute atomic E-state index is 9.06. The molecule has 38 heavy (non-hydrogen) atoms. The van der Waals surface area contributed by atoms with E-state index >= 15 is 0 Å². The van der Waals surface area contributed by atoms with E-state index in [-0.39, 0.29) is 0 Å². The van der Waals surface area contributed by atoms with Crippen molar-refractivity contribution in [3.8, 4) is 0 Å². The fraction of sp³-hybridized carbons (Fsp3) is 0.471. The Hall–Kier alpha value is -2.98. The van der Waals surface area contributed by atoms with E-state index in [9.17, 15) is 0 Å². The Morgan fingerprint density at radius 3 is 2.16 bits per heavy atom. The Morgan fingerprint density at radius 2 is 1.71 bits per heavy atom. The maximum Gasteiger partial charge on any atom is 0.206 e. The fourth-order valence-electron chi connectivity index (χ4n) is 3.40. The first-order valence-corrected chi connectivity index (χ1v) is 14.0. The van der Waals surface area contributed by atoms with Gasteiger partial charge in [-0.2, -0.15) is 0 Å². The summed E-state index contributed by atoms with van der Waals surface area (Å²) in [5.74, 6) is 0.824. The molecule has 4 nitrogen and oxygen atoms in total. The molecule has 3 aromatic rings. The van der Waals surface area contributed by atoms with Gasteiger partial charge in [-0.25, -0.2) is 0 Å². The van der Waals surface area contributed by atoms with E-state index in [1.54, 1.807) is 7.05 Å². The molecule has 0 spiro atoms. The minimum Gasteiger partial charge on any atom is -0.362 e. The first kappa shape index (κ1) is 37.2. The largest absolute Gasteiger partial charge is 0.362 e. The molecule has 1 unspecified atom stereocenters. The number of amides is 1. The number of rotatable bonds is 7. The molecule has 212 valence electrons. The van der Waals surface area contributed by atoms with Crippen LogP contribution in [0.25, 0.3) is 10.8 Å². The van der Waals surface area contributed by atoms with Crippen LogP contribution in [0.2, 0.25) is 0 Å². The van der Waals surface area contributed by atoms with Crippen molar-refractivity contribution < 1.29 is 4.79 Å². The third kappa shape index (κ3) is 16.7. The molecular weight excluding hydrogens is 466 g/mol. The molecule has 1 amide bonds. The molecule has 0 radical (unpaired) electrons. The number of carbonyl (C=O) groups excluding carboxylic acids is 1. The second-order valence-corrected chi connectivity index (χ2v) is 9.37. The third-order valence-electron chi connectivity index (χ3n) is 5.99. The highest BCUT2D eigenvalue weighted by Gasteiger charge is 1.99. The van der Waals surface area contributed by atoms with Crippen molar-refractivity contribution in [3.63, 3.8) is 0 Å². The van der Waals surface area contributed by atoms with Crippen LogP contribution in [0.1, 0.15) is 82.3 Å². The van der Waals surface area contributed by atoms with Gasteiger partial charge in [-0.1, -0.05) is 95.2 Å². The summed E-state index contributed by atoms with van der Waals surface area (Å²) in [5.41, 5.74) is 13.2. The highest BCUT2D eigenvalue weighted by atomic mass is 16.1. The monoisotopic (exact) mass is 521 g/mol. The zero-order chi connectivity index (χ0) is 29.5. The van der Waals surface area contributed by atoms with Crippen molar-refractivity contribution in [2.45, 2.75) is 88.0 Å². The lowest BCUT2D eigenvalue weighted by Crippen LogP contribution is -2.04. The van der Waals surface area contributed by atoms with E-state index in [2.05, 4.69) is 101 Å². The molecular formula is C34H55N3O. The van der Waals surface area contributed by atoms with E-state index in [0.717, 1.165) is 36.6 Å². The normalized spacial score (nSPS) is 10.1. The quantitative estimate of drug-likeness (QED) is 0.243. The number of pyridine rings is 1. The summed E-state index contributed by atoms with van der Waals surface area (Å²) in [4.78, 5) is 13.5. The van der Waals surface area contributed by atoms with Gasteiger partial charge in [0.1, 0.15) is 0 Å². The molecule has 0 aliphatic heterocycles.